The Morgan fingerprint density at radius 3 is 2.42 bits per heavy atom. The van der Waals surface area contributed by atoms with Gasteiger partial charge >= 0.3 is 0 Å². The molecule has 0 bridgehead atoms. The van der Waals surface area contributed by atoms with Gasteiger partial charge in [-0.15, -0.1) is 0 Å². The predicted octanol–water partition coefficient (Wildman–Crippen LogP) is 4.01. The molecule has 1 unspecified atom stereocenters. The Morgan fingerprint density at radius 1 is 0.966 bits per heavy atom. The van der Waals surface area contributed by atoms with E-state index in [2.05, 4.69) is 72.3 Å². The third-order valence-corrected chi connectivity index (χ3v) is 14.2. The number of carbonyl (C=O) groups is 4. The Labute approximate surface area is 347 Å². The maximum atomic E-state index is 13.5. The first-order chi connectivity index (χ1) is 28.3. The second kappa shape index (κ2) is 14.9. The van der Waals surface area contributed by atoms with Crippen LogP contribution in [0.5, 0.6) is 0 Å². The fourth-order valence-electron chi connectivity index (χ4n) is 8.06. The first-order valence-corrected chi connectivity index (χ1v) is 21.8. The second-order valence-electron chi connectivity index (χ2n) is 15.8. The van der Waals surface area contributed by atoms with Crippen molar-refractivity contribution in [3.63, 3.8) is 0 Å². The van der Waals surface area contributed by atoms with Crippen LogP contribution in [0.3, 0.4) is 0 Å². The highest BCUT2D eigenvalue weighted by Gasteiger charge is 2.45. The molecule has 3 fully saturated rings. The maximum absolute atomic E-state index is 13.5. The Morgan fingerprint density at radius 2 is 1.71 bits per heavy atom. The molecule has 7 heterocycles. The largest absolute Gasteiger partial charge is 0.354 e. The summed E-state index contributed by atoms with van der Waals surface area (Å²) in [7, 11) is -1.45. The van der Waals surface area contributed by atoms with Crippen LogP contribution in [-0.4, -0.2) is 113 Å². The molecule has 306 valence electrons. The lowest BCUT2D eigenvalue weighted by atomic mass is 10.0. The first-order valence-electron chi connectivity index (χ1n) is 19.5. The molecule has 1 saturated carbocycles. The van der Waals surface area contributed by atoms with Crippen molar-refractivity contribution in [1.29, 1.82) is 0 Å². The highest BCUT2D eigenvalue weighted by atomic mass is 79.9. The number of hydrogen-bond donors (Lipinski definition) is 2. The molecule has 5 aromatic rings. The summed E-state index contributed by atoms with van der Waals surface area (Å²) >= 11 is 3.62. The van der Waals surface area contributed by atoms with Gasteiger partial charge in [0.15, 0.2) is 11.6 Å². The van der Waals surface area contributed by atoms with Crippen LogP contribution < -0.4 is 15.5 Å². The summed E-state index contributed by atoms with van der Waals surface area (Å²) in [5.74, 6) is 0.144. The number of nitrogens with zero attached hydrogens (tertiary/aromatic N) is 10. The van der Waals surface area contributed by atoms with Gasteiger partial charge in [0.25, 0.3) is 21.8 Å². The quantitative estimate of drug-likeness (QED) is 0.180. The molecule has 2 N–H and O–H groups in total. The van der Waals surface area contributed by atoms with Crippen molar-refractivity contribution in [3.8, 4) is 11.4 Å². The summed E-state index contributed by atoms with van der Waals surface area (Å²) in [5.41, 5.74) is 2.76. The number of fused-ring (bicyclic) bond motifs is 2. The van der Waals surface area contributed by atoms with Crippen LogP contribution in [-0.2, 0) is 26.2 Å². The molecule has 1 aliphatic carbocycles. The number of pyridine rings is 1. The topological polar surface area (TPSA) is 211 Å². The summed E-state index contributed by atoms with van der Waals surface area (Å²) < 4.78 is 29.0. The number of carbonyl (C=O) groups excluding carboxylic acids is 4. The lowest BCUT2D eigenvalue weighted by Crippen LogP contribution is -2.54. The van der Waals surface area contributed by atoms with Gasteiger partial charge < -0.3 is 10.2 Å². The van der Waals surface area contributed by atoms with E-state index >= 15 is 0 Å². The minimum Gasteiger partial charge on any atom is -0.354 e. The number of imide groups is 2. The molecular formula is C39H41BrN12O6S. The molecule has 1 aromatic carbocycles. The van der Waals surface area contributed by atoms with E-state index in [1.165, 1.54) is 12.4 Å². The van der Waals surface area contributed by atoms with E-state index in [9.17, 15) is 27.6 Å². The molecule has 0 spiro atoms. The van der Waals surface area contributed by atoms with Crippen LogP contribution in [0.15, 0.2) is 53.5 Å². The summed E-state index contributed by atoms with van der Waals surface area (Å²) in [6, 6.07) is 6.36. The number of benzene rings is 1. The van der Waals surface area contributed by atoms with E-state index < -0.39 is 39.7 Å². The second-order valence-corrected chi connectivity index (χ2v) is 18.7. The molecular weight excluding hydrogens is 844 g/mol. The minimum atomic E-state index is -3.51. The zero-order chi connectivity index (χ0) is 41.3. The van der Waals surface area contributed by atoms with Crippen LogP contribution in [0.2, 0.25) is 0 Å². The molecule has 4 amide bonds. The lowest BCUT2D eigenvalue weighted by molar-refractivity contribution is -0.136. The van der Waals surface area contributed by atoms with E-state index in [0.29, 0.717) is 46.9 Å². The number of halogens is 1. The van der Waals surface area contributed by atoms with Crippen molar-refractivity contribution in [1.82, 2.24) is 49.0 Å². The molecule has 1 atom stereocenters. The van der Waals surface area contributed by atoms with Gasteiger partial charge in [-0.1, -0.05) is 15.9 Å². The van der Waals surface area contributed by atoms with Gasteiger partial charge in [-0.3, -0.25) is 39.0 Å². The summed E-state index contributed by atoms with van der Waals surface area (Å²) in [6.07, 6.45) is 9.51. The standard InChI is InChI=1S/C39H41BrN12O6S/c1-21(2)52-31-16-33(44-32-8-11-41-35(45-32)23-17-43-50(20-23)59(57,58)25-4-5-25)42-18-28(31)36(47-52)49-12-9-24(10-13-49)48(3)19-22-14-26-27(15-29(22)40)39(56)51(38(26)55)30-6-7-34(53)46-37(30)54/h8,11,14-18,20-21,24-25,30H,4-7,9-10,12-13,19H2,1-3H3,(H,46,53,54)(H,41,42,44,45). The fraction of sp³-hybridized carbons (Fsp3) is 0.410. The van der Waals surface area contributed by atoms with Crippen LogP contribution in [0.25, 0.3) is 22.3 Å². The highest BCUT2D eigenvalue weighted by Crippen LogP contribution is 2.35. The molecule has 20 heteroatoms. The smallest absolute Gasteiger partial charge is 0.262 e. The molecule has 18 nitrogen and oxygen atoms in total. The Kier molecular flexibility index (Phi) is 9.82. The molecule has 9 rings (SSSR count). The highest BCUT2D eigenvalue weighted by molar-refractivity contribution is 9.10. The first kappa shape index (κ1) is 38.9. The van der Waals surface area contributed by atoms with Gasteiger partial charge in [0, 0.05) is 61.1 Å². The normalized spacial score (nSPS) is 19.1. The molecule has 3 aliphatic heterocycles. The average molecular weight is 886 g/mol. The Bertz CT molecular complexity index is 2670. The Hall–Kier alpha value is -5.60. The average Bonchev–Trinajstić information content (AvgIpc) is 3.76. The third kappa shape index (κ3) is 7.15. The fourth-order valence-corrected chi connectivity index (χ4v) is 10.0. The third-order valence-electron chi connectivity index (χ3n) is 11.4. The molecule has 0 radical (unpaired) electrons. The molecule has 4 aliphatic rings. The van der Waals surface area contributed by atoms with Crippen LogP contribution in [0.1, 0.15) is 84.7 Å². The number of anilines is 3. The summed E-state index contributed by atoms with van der Waals surface area (Å²) in [5, 5.41) is 15.2. The van der Waals surface area contributed by atoms with E-state index in [1.54, 1.807) is 24.4 Å². The van der Waals surface area contributed by atoms with E-state index in [0.717, 1.165) is 57.2 Å². The molecule has 2 saturated heterocycles. The van der Waals surface area contributed by atoms with Crippen molar-refractivity contribution >= 4 is 77.9 Å². The molecule has 4 aromatic heterocycles. The van der Waals surface area contributed by atoms with Crippen LogP contribution in [0, 0.1) is 0 Å². The lowest BCUT2D eigenvalue weighted by Gasteiger charge is -2.37. The van der Waals surface area contributed by atoms with Gasteiger partial charge in [0.05, 0.1) is 45.2 Å². The van der Waals surface area contributed by atoms with Crippen molar-refractivity contribution in [2.45, 2.75) is 82.3 Å². The number of piperidine rings is 2. The number of amides is 4. The van der Waals surface area contributed by atoms with E-state index in [1.807, 2.05) is 16.9 Å². The van der Waals surface area contributed by atoms with Gasteiger partial charge in [0.2, 0.25) is 11.8 Å². The van der Waals surface area contributed by atoms with Gasteiger partial charge in [-0.2, -0.15) is 14.3 Å². The zero-order valence-corrected chi connectivity index (χ0v) is 34.9. The maximum Gasteiger partial charge on any atom is 0.262 e. The van der Waals surface area contributed by atoms with Gasteiger partial charge in [-0.05, 0) is 76.8 Å². The van der Waals surface area contributed by atoms with Gasteiger partial charge in [0.1, 0.15) is 17.7 Å². The SMILES string of the molecule is CC(C)n1nc(N2CCC(N(C)Cc3cc4c(cc3Br)C(=O)N(C3CCC(=O)NC3=O)C4=O)CC2)c2cnc(Nc3ccnc(-c4cnn(S(=O)(=O)C5CC5)c4)n3)cc21. The van der Waals surface area contributed by atoms with E-state index in [-0.39, 0.29) is 41.3 Å². The number of rotatable bonds is 11. The van der Waals surface area contributed by atoms with Crippen molar-refractivity contribution in [2.24, 2.45) is 0 Å². The van der Waals surface area contributed by atoms with Crippen LogP contribution in [0.4, 0.5) is 17.5 Å². The number of hydrogen-bond acceptors (Lipinski definition) is 14. The summed E-state index contributed by atoms with van der Waals surface area (Å²) in [6.45, 7) is 6.22. The predicted molar refractivity (Wildman–Crippen MR) is 219 cm³/mol. The monoisotopic (exact) mass is 884 g/mol. The van der Waals surface area contributed by atoms with Crippen molar-refractivity contribution in [3.05, 3.63) is 70.2 Å². The summed E-state index contributed by atoms with van der Waals surface area (Å²) in [4.78, 5) is 70.2. The van der Waals surface area contributed by atoms with Crippen molar-refractivity contribution in [2.75, 3.05) is 30.4 Å². The minimum absolute atomic E-state index is 0.0645. The van der Waals surface area contributed by atoms with Crippen molar-refractivity contribution < 1.29 is 27.6 Å². The number of nitrogens with one attached hydrogen (secondary N) is 2. The zero-order valence-electron chi connectivity index (χ0n) is 32.5. The van der Waals surface area contributed by atoms with Crippen LogP contribution >= 0.6 is 15.9 Å². The Balaban J connectivity index is 0.867. The van der Waals surface area contributed by atoms with E-state index in [4.69, 9.17) is 10.1 Å². The molecule has 59 heavy (non-hydrogen) atoms. The van der Waals surface area contributed by atoms with Gasteiger partial charge in [-0.25, -0.2) is 23.4 Å². The number of aromatic nitrogens is 7.